The zero-order chi connectivity index (χ0) is 25.2. The largest absolute Gasteiger partial charge is 0.457 e. The van der Waals surface area contributed by atoms with Gasteiger partial charge in [0.2, 0.25) is 0 Å². The standard InChI is InChI=1S/C26H19N3O5S2/c1-16-22(25(31)34-15-17-8-3-2-4-9-17)23(20-12-7-13-35-20)28-24(30)21(36-26(28)27-16)14-18-10-5-6-11-19(18)29(32)33/h2-14,23H,15H2,1H3. The Bertz CT molecular complexity index is 1670. The highest BCUT2D eigenvalue weighted by Crippen LogP contribution is 2.33. The SMILES string of the molecule is CC1=C(C(=O)OCc2ccccc2)C(c2cccs2)n2c(sc(=Cc3ccccc3[N+](=O)[O-])c2=O)=N1. The Morgan fingerprint density at radius 2 is 1.89 bits per heavy atom. The molecule has 1 atom stereocenters. The molecule has 1 aliphatic rings. The summed E-state index contributed by atoms with van der Waals surface area (Å²) in [5.41, 5.74) is 1.44. The van der Waals surface area contributed by atoms with Gasteiger partial charge < -0.3 is 4.74 Å². The monoisotopic (exact) mass is 517 g/mol. The van der Waals surface area contributed by atoms with Crippen molar-refractivity contribution in [2.45, 2.75) is 19.6 Å². The summed E-state index contributed by atoms with van der Waals surface area (Å²) in [6.07, 6.45) is 1.50. The fourth-order valence-corrected chi connectivity index (χ4v) is 5.88. The van der Waals surface area contributed by atoms with Crippen molar-refractivity contribution in [1.29, 1.82) is 0 Å². The number of nitro benzene ring substituents is 1. The number of carbonyl (C=O) groups is 1. The molecule has 0 amide bonds. The second-order valence-corrected chi connectivity index (χ2v) is 9.96. The summed E-state index contributed by atoms with van der Waals surface area (Å²) in [4.78, 5) is 43.6. The van der Waals surface area contributed by atoms with Crippen LogP contribution < -0.4 is 14.9 Å². The van der Waals surface area contributed by atoms with Gasteiger partial charge in [0.25, 0.3) is 11.2 Å². The van der Waals surface area contributed by atoms with Crippen LogP contribution in [0.5, 0.6) is 0 Å². The molecule has 5 rings (SSSR count). The lowest BCUT2D eigenvalue weighted by atomic mass is 10.0. The molecule has 8 nitrogen and oxygen atoms in total. The summed E-state index contributed by atoms with van der Waals surface area (Å²) >= 11 is 2.55. The maximum absolute atomic E-state index is 13.6. The van der Waals surface area contributed by atoms with E-state index in [1.165, 1.54) is 28.0 Å². The molecule has 10 heteroatoms. The number of fused-ring (bicyclic) bond motifs is 1. The van der Waals surface area contributed by atoms with Gasteiger partial charge in [0.15, 0.2) is 4.80 Å². The van der Waals surface area contributed by atoms with Gasteiger partial charge in [-0.1, -0.05) is 59.9 Å². The second-order valence-electron chi connectivity index (χ2n) is 7.97. The number of nitrogens with zero attached hydrogens (tertiary/aromatic N) is 3. The summed E-state index contributed by atoms with van der Waals surface area (Å²) in [5.74, 6) is -0.550. The number of aromatic nitrogens is 1. The molecule has 0 fully saturated rings. The van der Waals surface area contributed by atoms with E-state index in [-0.39, 0.29) is 28.0 Å². The number of benzene rings is 2. The molecule has 0 saturated carbocycles. The maximum Gasteiger partial charge on any atom is 0.338 e. The third-order valence-electron chi connectivity index (χ3n) is 5.69. The van der Waals surface area contributed by atoms with Crippen LogP contribution in [0.2, 0.25) is 0 Å². The van der Waals surface area contributed by atoms with Gasteiger partial charge in [-0.3, -0.25) is 19.5 Å². The first-order valence-electron chi connectivity index (χ1n) is 10.9. The van der Waals surface area contributed by atoms with Crippen LogP contribution in [0.4, 0.5) is 5.69 Å². The van der Waals surface area contributed by atoms with E-state index in [2.05, 4.69) is 4.99 Å². The first-order valence-corrected chi connectivity index (χ1v) is 12.6. The number of allylic oxidation sites excluding steroid dienone is 1. The van der Waals surface area contributed by atoms with Crippen LogP contribution in [0.15, 0.2) is 93.2 Å². The summed E-state index contributed by atoms with van der Waals surface area (Å²) in [5, 5.41) is 13.3. The molecule has 0 bridgehead atoms. The van der Waals surface area contributed by atoms with E-state index in [9.17, 15) is 19.7 Å². The van der Waals surface area contributed by atoms with E-state index < -0.39 is 16.9 Å². The van der Waals surface area contributed by atoms with E-state index >= 15 is 0 Å². The smallest absolute Gasteiger partial charge is 0.338 e. The van der Waals surface area contributed by atoms with Crippen molar-refractivity contribution < 1.29 is 14.5 Å². The average Bonchev–Trinajstić information content (AvgIpc) is 3.51. The molecule has 2 aromatic carbocycles. The molecular weight excluding hydrogens is 498 g/mol. The first kappa shape index (κ1) is 23.6. The van der Waals surface area contributed by atoms with Crippen molar-refractivity contribution in [3.8, 4) is 0 Å². The molecular formula is C26H19N3O5S2. The number of ether oxygens (including phenoxy) is 1. The van der Waals surface area contributed by atoms with Crippen molar-refractivity contribution >= 4 is 40.4 Å². The van der Waals surface area contributed by atoms with Crippen LogP contribution in [-0.2, 0) is 16.1 Å². The Balaban J connectivity index is 1.61. The zero-order valence-electron chi connectivity index (χ0n) is 19.0. The topological polar surface area (TPSA) is 104 Å². The normalized spacial score (nSPS) is 15.4. The minimum atomic E-state index is -0.711. The predicted octanol–water partition coefficient (Wildman–Crippen LogP) is 3.95. The molecule has 1 unspecified atom stereocenters. The van der Waals surface area contributed by atoms with Gasteiger partial charge in [-0.2, -0.15) is 0 Å². The summed E-state index contributed by atoms with van der Waals surface area (Å²) < 4.78 is 7.38. The van der Waals surface area contributed by atoms with Gasteiger partial charge in [0.1, 0.15) is 12.6 Å². The number of thiazole rings is 1. The summed E-state index contributed by atoms with van der Waals surface area (Å²) in [7, 11) is 0. The number of hydrogen-bond donors (Lipinski definition) is 0. The molecule has 0 N–H and O–H groups in total. The highest BCUT2D eigenvalue weighted by Gasteiger charge is 2.34. The fraction of sp³-hybridized carbons (Fsp3) is 0.115. The number of para-hydroxylation sites is 1. The van der Waals surface area contributed by atoms with E-state index in [1.807, 2.05) is 47.8 Å². The third-order valence-corrected chi connectivity index (χ3v) is 7.59. The Hall–Kier alpha value is -4.15. The van der Waals surface area contributed by atoms with E-state index in [4.69, 9.17) is 4.74 Å². The minimum absolute atomic E-state index is 0.0930. The third kappa shape index (κ3) is 4.43. The van der Waals surface area contributed by atoms with Crippen LogP contribution >= 0.6 is 22.7 Å². The Morgan fingerprint density at radius 1 is 1.14 bits per heavy atom. The number of thiophene rings is 1. The average molecular weight is 518 g/mol. The highest BCUT2D eigenvalue weighted by atomic mass is 32.1. The lowest BCUT2D eigenvalue weighted by Gasteiger charge is -2.23. The first-order chi connectivity index (χ1) is 17.4. The van der Waals surface area contributed by atoms with Gasteiger partial charge in [0.05, 0.1) is 26.3 Å². The van der Waals surface area contributed by atoms with Crippen LogP contribution in [0, 0.1) is 10.1 Å². The molecule has 2 aromatic heterocycles. The Morgan fingerprint density at radius 3 is 2.61 bits per heavy atom. The maximum atomic E-state index is 13.6. The van der Waals surface area contributed by atoms with Gasteiger partial charge in [-0.05, 0) is 36.1 Å². The van der Waals surface area contributed by atoms with Crippen LogP contribution in [0.25, 0.3) is 6.08 Å². The number of esters is 1. The number of hydrogen-bond acceptors (Lipinski definition) is 8. The van der Waals surface area contributed by atoms with E-state index in [1.54, 1.807) is 25.1 Å². The van der Waals surface area contributed by atoms with Gasteiger partial charge >= 0.3 is 5.97 Å². The molecule has 0 spiro atoms. The molecule has 36 heavy (non-hydrogen) atoms. The van der Waals surface area contributed by atoms with Crippen LogP contribution in [-0.4, -0.2) is 15.5 Å². The van der Waals surface area contributed by atoms with E-state index in [0.717, 1.165) is 21.8 Å². The van der Waals surface area contributed by atoms with Crippen LogP contribution in [0.1, 0.15) is 29.0 Å². The number of rotatable bonds is 6. The molecule has 1 aliphatic heterocycles. The minimum Gasteiger partial charge on any atom is -0.457 e. The van der Waals surface area contributed by atoms with Gasteiger partial charge in [-0.15, -0.1) is 11.3 Å². The van der Waals surface area contributed by atoms with Crippen LogP contribution in [0.3, 0.4) is 0 Å². The Labute approximate surface area is 212 Å². The summed E-state index contributed by atoms with van der Waals surface area (Å²) in [6, 6.07) is 18.6. The highest BCUT2D eigenvalue weighted by molar-refractivity contribution is 7.10. The van der Waals surface area contributed by atoms with Crippen molar-refractivity contribution in [2.24, 2.45) is 4.99 Å². The van der Waals surface area contributed by atoms with Crippen molar-refractivity contribution in [3.05, 3.63) is 129 Å². The van der Waals surface area contributed by atoms with Crippen molar-refractivity contribution in [3.63, 3.8) is 0 Å². The van der Waals surface area contributed by atoms with Gasteiger partial charge in [-0.25, -0.2) is 9.79 Å². The van der Waals surface area contributed by atoms with Crippen molar-refractivity contribution in [1.82, 2.24) is 4.57 Å². The Kier molecular flexibility index (Phi) is 6.45. The summed E-state index contributed by atoms with van der Waals surface area (Å²) in [6.45, 7) is 1.81. The van der Waals surface area contributed by atoms with E-state index in [0.29, 0.717) is 16.1 Å². The molecule has 0 aliphatic carbocycles. The molecule has 3 heterocycles. The molecule has 0 radical (unpaired) electrons. The predicted molar refractivity (Wildman–Crippen MR) is 137 cm³/mol. The molecule has 180 valence electrons. The molecule has 0 saturated heterocycles. The molecule has 4 aromatic rings. The lowest BCUT2D eigenvalue weighted by Crippen LogP contribution is -2.39. The van der Waals surface area contributed by atoms with Gasteiger partial charge in [0, 0.05) is 10.9 Å². The quantitative estimate of drug-likeness (QED) is 0.219. The second kappa shape index (κ2) is 9.84. The number of nitro groups is 1. The zero-order valence-corrected chi connectivity index (χ0v) is 20.6. The van der Waals surface area contributed by atoms with Crippen molar-refractivity contribution in [2.75, 3.05) is 0 Å². The number of carbonyl (C=O) groups excluding carboxylic acids is 1. The fourth-order valence-electron chi connectivity index (χ4n) is 4.02. The lowest BCUT2D eigenvalue weighted by molar-refractivity contribution is -0.385.